The molecule has 0 spiro atoms. The molecular formula is C38H29N3O3. The maximum atomic E-state index is 13.2. The molecule has 2 aliphatic heterocycles. The van der Waals surface area contributed by atoms with Crippen molar-refractivity contribution in [2.45, 2.75) is 12.8 Å². The van der Waals surface area contributed by atoms with E-state index in [4.69, 9.17) is 0 Å². The van der Waals surface area contributed by atoms with Gasteiger partial charge in [-0.1, -0.05) is 91.0 Å². The molecule has 44 heavy (non-hydrogen) atoms. The Bertz CT molecular complexity index is 1910. The van der Waals surface area contributed by atoms with Crippen LogP contribution in [0, 0.1) is 0 Å². The first-order chi connectivity index (χ1) is 21.5. The molecule has 1 amide bonds. The molecule has 2 aliphatic rings. The Kier molecular flexibility index (Phi) is 7.08. The summed E-state index contributed by atoms with van der Waals surface area (Å²) < 4.78 is 0. The van der Waals surface area contributed by atoms with Crippen molar-refractivity contribution in [2.24, 2.45) is 5.10 Å². The van der Waals surface area contributed by atoms with Crippen LogP contribution >= 0.6 is 0 Å². The third-order valence-corrected chi connectivity index (χ3v) is 8.12. The fraction of sp³-hybridized carbons (Fsp3) is 0.0789. The number of hydrogen-bond donors (Lipinski definition) is 1. The Hall–Kier alpha value is -5.75. The summed E-state index contributed by atoms with van der Waals surface area (Å²) in [6.07, 6.45) is 3.52. The van der Waals surface area contributed by atoms with E-state index in [1.807, 2.05) is 18.2 Å². The van der Waals surface area contributed by atoms with E-state index in [-0.39, 0.29) is 11.3 Å². The predicted octanol–water partition coefficient (Wildman–Crippen LogP) is 7.98. The fourth-order valence-electron chi connectivity index (χ4n) is 5.91. The first-order valence-corrected chi connectivity index (χ1v) is 14.6. The number of nitrogens with zero attached hydrogens (tertiary/aromatic N) is 3. The Morgan fingerprint density at radius 2 is 1.30 bits per heavy atom. The zero-order chi connectivity index (χ0) is 30.0. The van der Waals surface area contributed by atoms with Gasteiger partial charge in [-0.15, -0.1) is 0 Å². The van der Waals surface area contributed by atoms with Crippen molar-refractivity contribution in [2.75, 3.05) is 16.5 Å². The lowest BCUT2D eigenvalue weighted by molar-refractivity contribution is -0.129. The van der Waals surface area contributed by atoms with Crippen LogP contribution in [0.25, 0.3) is 28.3 Å². The van der Waals surface area contributed by atoms with Crippen LogP contribution in [0.3, 0.4) is 0 Å². The number of carbonyl (C=O) groups is 2. The summed E-state index contributed by atoms with van der Waals surface area (Å²) in [5, 5.41) is 15.1. The minimum absolute atomic E-state index is 0.0707. The molecule has 7 rings (SSSR count). The van der Waals surface area contributed by atoms with Crippen LogP contribution < -0.4 is 9.91 Å². The first-order valence-electron chi connectivity index (χ1n) is 14.6. The van der Waals surface area contributed by atoms with Crippen LogP contribution in [0.2, 0.25) is 0 Å². The summed E-state index contributed by atoms with van der Waals surface area (Å²) in [6, 6.07) is 42.6. The van der Waals surface area contributed by atoms with Gasteiger partial charge in [-0.25, -0.2) is 4.79 Å². The van der Waals surface area contributed by atoms with Crippen LogP contribution in [0.5, 0.6) is 0 Å². The average Bonchev–Trinajstić information content (AvgIpc) is 3.41. The molecule has 0 aliphatic carbocycles. The number of carboxylic acids is 1. The molecule has 214 valence electrons. The van der Waals surface area contributed by atoms with Gasteiger partial charge >= 0.3 is 5.97 Å². The molecule has 1 N–H and O–H groups in total. The van der Waals surface area contributed by atoms with Gasteiger partial charge in [-0.05, 0) is 88.7 Å². The van der Waals surface area contributed by atoms with E-state index in [1.54, 1.807) is 30.3 Å². The standard InChI is InChI=1S/C38H29N3O3/c42-37-34(36(38(43)44)39-41(37)33-11-5-2-6-12-33)25-26-13-22-35-31(24-26)10-7-23-40(35)32-20-18-30(19-21-32)29-16-14-28(15-17-29)27-8-3-1-4-9-27/h1-6,8-9,11-22,24-25H,7,10,23H2,(H,43,44). The molecule has 0 radical (unpaired) electrons. The number of carboxylic acid groups (broad SMARTS) is 1. The summed E-state index contributed by atoms with van der Waals surface area (Å²) in [6.45, 7) is 0.902. The van der Waals surface area contributed by atoms with Crippen molar-refractivity contribution < 1.29 is 14.7 Å². The molecule has 0 saturated heterocycles. The van der Waals surface area contributed by atoms with Gasteiger partial charge in [0.05, 0.1) is 11.3 Å². The number of carbonyl (C=O) groups excluding carboxylic acids is 1. The lowest BCUT2D eigenvalue weighted by Gasteiger charge is -2.32. The number of fused-ring (bicyclic) bond motifs is 1. The molecule has 0 aromatic heterocycles. The van der Waals surface area contributed by atoms with Crippen LogP contribution in [0.1, 0.15) is 17.5 Å². The minimum atomic E-state index is -1.23. The predicted molar refractivity (Wildman–Crippen MR) is 176 cm³/mol. The average molecular weight is 576 g/mol. The second-order valence-electron chi connectivity index (χ2n) is 10.9. The number of hydrogen-bond acceptors (Lipinski definition) is 4. The highest BCUT2D eigenvalue weighted by molar-refractivity contribution is 6.53. The van der Waals surface area contributed by atoms with Crippen LogP contribution in [-0.4, -0.2) is 29.2 Å². The topological polar surface area (TPSA) is 73.2 Å². The van der Waals surface area contributed by atoms with E-state index in [9.17, 15) is 14.7 Å². The van der Waals surface area contributed by atoms with Crippen molar-refractivity contribution in [3.8, 4) is 22.3 Å². The van der Waals surface area contributed by atoms with Crippen LogP contribution in [-0.2, 0) is 16.0 Å². The number of anilines is 3. The second-order valence-corrected chi connectivity index (χ2v) is 10.9. The number of amides is 1. The van der Waals surface area contributed by atoms with E-state index in [0.717, 1.165) is 52.5 Å². The number of aliphatic carboxylic acids is 1. The van der Waals surface area contributed by atoms with E-state index in [1.165, 1.54) is 16.7 Å². The number of para-hydroxylation sites is 1. The summed E-state index contributed by atoms with van der Waals surface area (Å²) >= 11 is 0. The quantitative estimate of drug-likeness (QED) is 0.208. The fourth-order valence-corrected chi connectivity index (χ4v) is 5.91. The molecule has 0 atom stereocenters. The lowest BCUT2D eigenvalue weighted by atomic mass is 9.96. The smallest absolute Gasteiger partial charge is 0.357 e. The molecule has 6 nitrogen and oxygen atoms in total. The van der Waals surface area contributed by atoms with E-state index < -0.39 is 11.9 Å². The highest BCUT2D eigenvalue weighted by Crippen LogP contribution is 2.36. The summed E-state index contributed by atoms with van der Waals surface area (Å²) in [4.78, 5) is 27.5. The zero-order valence-electron chi connectivity index (χ0n) is 23.9. The molecule has 0 fully saturated rings. The number of benzene rings is 5. The molecule has 0 unspecified atom stereocenters. The minimum Gasteiger partial charge on any atom is -0.476 e. The number of aryl methyl sites for hydroxylation is 1. The number of hydrazone groups is 1. The van der Waals surface area contributed by atoms with Gasteiger partial charge in [0.25, 0.3) is 5.91 Å². The lowest BCUT2D eigenvalue weighted by Crippen LogP contribution is -2.24. The molecule has 6 heteroatoms. The molecular weight excluding hydrogens is 546 g/mol. The van der Waals surface area contributed by atoms with E-state index in [0.29, 0.717) is 5.69 Å². The Balaban J connectivity index is 1.13. The SMILES string of the molecule is O=C(O)C1=NN(c2ccccc2)C(=O)C1=Cc1ccc2c(c1)CCCN2c1ccc(-c2ccc(-c3ccccc3)cc2)cc1. The van der Waals surface area contributed by atoms with Gasteiger partial charge in [0.15, 0.2) is 5.71 Å². The normalized spacial score (nSPS) is 15.3. The largest absolute Gasteiger partial charge is 0.476 e. The van der Waals surface area contributed by atoms with Crippen molar-refractivity contribution in [3.05, 3.63) is 144 Å². The molecule has 5 aromatic rings. The van der Waals surface area contributed by atoms with E-state index in [2.05, 4.69) is 94.9 Å². The molecule has 0 saturated carbocycles. The highest BCUT2D eigenvalue weighted by Gasteiger charge is 2.35. The maximum Gasteiger partial charge on any atom is 0.357 e. The van der Waals surface area contributed by atoms with Crippen molar-refractivity contribution >= 4 is 40.7 Å². The van der Waals surface area contributed by atoms with Crippen LogP contribution in [0.15, 0.2) is 138 Å². The summed E-state index contributed by atoms with van der Waals surface area (Å²) in [7, 11) is 0. The maximum absolute atomic E-state index is 13.2. The summed E-state index contributed by atoms with van der Waals surface area (Å²) in [5.74, 6) is -1.69. The first kappa shape index (κ1) is 27.1. The third kappa shape index (κ3) is 5.18. The molecule has 5 aromatic carbocycles. The third-order valence-electron chi connectivity index (χ3n) is 8.12. The van der Waals surface area contributed by atoms with Crippen molar-refractivity contribution in [3.63, 3.8) is 0 Å². The van der Waals surface area contributed by atoms with Gasteiger partial charge in [-0.3, -0.25) is 4.79 Å². The van der Waals surface area contributed by atoms with Gasteiger partial charge in [0.1, 0.15) is 0 Å². The molecule has 2 heterocycles. The van der Waals surface area contributed by atoms with Gasteiger partial charge < -0.3 is 10.0 Å². The summed E-state index contributed by atoms with van der Waals surface area (Å²) in [5.41, 5.74) is 9.24. The zero-order valence-corrected chi connectivity index (χ0v) is 23.9. The van der Waals surface area contributed by atoms with Crippen molar-refractivity contribution in [1.29, 1.82) is 0 Å². The second kappa shape index (κ2) is 11.5. The highest BCUT2D eigenvalue weighted by atomic mass is 16.4. The van der Waals surface area contributed by atoms with Gasteiger partial charge in [0.2, 0.25) is 0 Å². The van der Waals surface area contributed by atoms with Crippen LogP contribution in [0.4, 0.5) is 17.1 Å². The molecule has 0 bridgehead atoms. The van der Waals surface area contributed by atoms with Gasteiger partial charge in [-0.2, -0.15) is 10.1 Å². The van der Waals surface area contributed by atoms with Crippen molar-refractivity contribution in [1.82, 2.24) is 0 Å². The van der Waals surface area contributed by atoms with Gasteiger partial charge in [0, 0.05) is 17.9 Å². The van der Waals surface area contributed by atoms with E-state index >= 15 is 0 Å². The monoisotopic (exact) mass is 575 g/mol. The Labute approximate surface area is 255 Å². The Morgan fingerprint density at radius 3 is 1.93 bits per heavy atom. The Morgan fingerprint density at radius 1 is 0.705 bits per heavy atom. The number of rotatable bonds is 6.